The molecule has 1 unspecified atom stereocenters. The van der Waals surface area contributed by atoms with Crippen LogP contribution in [0.5, 0.6) is 0 Å². The Morgan fingerprint density at radius 2 is 2.36 bits per heavy atom. The summed E-state index contributed by atoms with van der Waals surface area (Å²) in [6, 6.07) is 1.91. The van der Waals surface area contributed by atoms with Crippen molar-refractivity contribution >= 4 is 10.0 Å². The van der Waals surface area contributed by atoms with Crippen LogP contribution in [-0.4, -0.2) is 44.7 Å². The topological polar surface area (TPSA) is 73.2 Å². The molecule has 5 nitrogen and oxygen atoms in total. The Morgan fingerprint density at radius 3 is 2.93 bits per heavy atom. The summed E-state index contributed by atoms with van der Waals surface area (Å²) in [6.07, 6.45) is 1.85. The standard InChI is InChI=1S/C8H15N3O2S/c1-10-8-3-2-5-11(7-8)14(12,13)6-4-9/h8,10H,2-3,5-7H2,1H3. The lowest BCUT2D eigenvalue weighted by Crippen LogP contribution is -2.47. The van der Waals surface area contributed by atoms with E-state index < -0.39 is 15.8 Å². The highest BCUT2D eigenvalue weighted by molar-refractivity contribution is 7.89. The number of piperidine rings is 1. The summed E-state index contributed by atoms with van der Waals surface area (Å²) in [5, 5.41) is 11.4. The van der Waals surface area contributed by atoms with Crippen molar-refractivity contribution in [1.82, 2.24) is 9.62 Å². The van der Waals surface area contributed by atoms with Gasteiger partial charge in [-0.1, -0.05) is 0 Å². The van der Waals surface area contributed by atoms with Gasteiger partial charge in [0.2, 0.25) is 10.0 Å². The predicted octanol–water partition coefficient (Wildman–Crippen LogP) is -0.476. The van der Waals surface area contributed by atoms with E-state index in [0.717, 1.165) is 12.8 Å². The molecule has 1 atom stereocenters. The summed E-state index contributed by atoms with van der Waals surface area (Å²) in [6.45, 7) is 1.03. The van der Waals surface area contributed by atoms with Gasteiger partial charge in [-0.05, 0) is 19.9 Å². The zero-order chi connectivity index (χ0) is 10.6. The molecule has 0 amide bonds. The first-order chi connectivity index (χ1) is 6.60. The fraction of sp³-hybridized carbons (Fsp3) is 0.875. The molecular formula is C8H15N3O2S. The molecule has 0 aromatic carbocycles. The van der Waals surface area contributed by atoms with E-state index in [9.17, 15) is 8.42 Å². The van der Waals surface area contributed by atoms with Gasteiger partial charge in [-0.2, -0.15) is 9.57 Å². The molecule has 0 bridgehead atoms. The monoisotopic (exact) mass is 217 g/mol. The van der Waals surface area contributed by atoms with Crippen LogP contribution in [0.15, 0.2) is 0 Å². The molecule has 0 aliphatic carbocycles. The lowest BCUT2D eigenvalue weighted by molar-refractivity contribution is 0.293. The number of nitrogens with zero attached hydrogens (tertiary/aromatic N) is 2. The predicted molar refractivity (Wildman–Crippen MR) is 53.1 cm³/mol. The fourth-order valence-electron chi connectivity index (χ4n) is 1.60. The van der Waals surface area contributed by atoms with E-state index in [-0.39, 0.29) is 6.04 Å². The zero-order valence-corrected chi connectivity index (χ0v) is 9.05. The first kappa shape index (κ1) is 11.4. The van der Waals surface area contributed by atoms with Crippen molar-refractivity contribution < 1.29 is 8.42 Å². The Kier molecular flexibility index (Phi) is 3.86. The highest BCUT2D eigenvalue weighted by Gasteiger charge is 2.27. The second kappa shape index (κ2) is 4.73. The van der Waals surface area contributed by atoms with Crippen molar-refractivity contribution in [2.45, 2.75) is 18.9 Å². The molecular weight excluding hydrogens is 202 g/mol. The van der Waals surface area contributed by atoms with Gasteiger partial charge >= 0.3 is 0 Å². The van der Waals surface area contributed by atoms with Crippen LogP contribution in [0.4, 0.5) is 0 Å². The van der Waals surface area contributed by atoms with Crippen LogP contribution in [-0.2, 0) is 10.0 Å². The van der Waals surface area contributed by atoms with Crippen molar-refractivity contribution in [2.24, 2.45) is 0 Å². The summed E-state index contributed by atoms with van der Waals surface area (Å²) >= 11 is 0. The molecule has 14 heavy (non-hydrogen) atoms. The van der Waals surface area contributed by atoms with E-state index in [1.165, 1.54) is 4.31 Å². The molecule has 1 saturated heterocycles. The Hall–Kier alpha value is -0.640. The third-order valence-electron chi connectivity index (χ3n) is 2.43. The van der Waals surface area contributed by atoms with E-state index in [2.05, 4.69) is 5.32 Å². The van der Waals surface area contributed by atoms with Gasteiger partial charge in [-0.3, -0.25) is 0 Å². The number of hydrogen-bond acceptors (Lipinski definition) is 4. The highest BCUT2D eigenvalue weighted by atomic mass is 32.2. The highest BCUT2D eigenvalue weighted by Crippen LogP contribution is 2.13. The molecule has 1 aliphatic rings. The van der Waals surface area contributed by atoms with Gasteiger partial charge in [0.1, 0.15) is 0 Å². The van der Waals surface area contributed by atoms with Crippen molar-refractivity contribution in [1.29, 1.82) is 5.26 Å². The molecule has 0 saturated carbocycles. The fourth-order valence-corrected chi connectivity index (χ4v) is 2.76. The molecule has 0 aromatic rings. The minimum absolute atomic E-state index is 0.220. The summed E-state index contributed by atoms with van der Waals surface area (Å²) in [4.78, 5) is 0. The molecule has 0 aromatic heterocycles. The van der Waals surface area contributed by atoms with Gasteiger partial charge in [-0.25, -0.2) is 8.42 Å². The van der Waals surface area contributed by atoms with Crippen LogP contribution >= 0.6 is 0 Å². The molecule has 0 radical (unpaired) electrons. The quantitative estimate of drug-likeness (QED) is 0.693. The molecule has 6 heteroatoms. The average Bonchev–Trinajstić information content (AvgIpc) is 2.18. The van der Waals surface area contributed by atoms with Gasteiger partial charge in [0.25, 0.3) is 0 Å². The second-order valence-electron chi connectivity index (χ2n) is 3.40. The third-order valence-corrected chi connectivity index (χ3v) is 4.05. The van der Waals surface area contributed by atoms with Crippen molar-refractivity contribution in [3.63, 3.8) is 0 Å². The van der Waals surface area contributed by atoms with Crippen molar-refractivity contribution in [2.75, 3.05) is 25.9 Å². The molecule has 1 rings (SSSR count). The van der Waals surface area contributed by atoms with Gasteiger partial charge in [-0.15, -0.1) is 0 Å². The van der Waals surface area contributed by atoms with Crippen LogP contribution in [0.2, 0.25) is 0 Å². The minimum atomic E-state index is -3.34. The smallest absolute Gasteiger partial charge is 0.227 e. The third kappa shape index (κ3) is 2.67. The first-order valence-electron chi connectivity index (χ1n) is 4.62. The number of sulfonamides is 1. The molecule has 1 N–H and O–H groups in total. The van der Waals surface area contributed by atoms with Gasteiger partial charge in [0, 0.05) is 19.1 Å². The molecule has 1 fully saturated rings. The SMILES string of the molecule is CNC1CCCN(S(=O)(=O)CC#N)C1. The van der Waals surface area contributed by atoms with Gasteiger partial charge in [0.15, 0.2) is 5.75 Å². The van der Waals surface area contributed by atoms with Crippen LogP contribution in [0.1, 0.15) is 12.8 Å². The molecule has 0 spiro atoms. The lowest BCUT2D eigenvalue weighted by atomic mass is 10.1. The van der Waals surface area contributed by atoms with Gasteiger partial charge < -0.3 is 5.32 Å². The second-order valence-corrected chi connectivity index (χ2v) is 5.37. The summed E-state index contributed by atoms with van der Waals surface area (Å²) < 4.78 is 24.4. The summed E-state index contributed by atoms with van der Waals surface area (Å²) in [5.74, 6) is -0.413. The molecule has 80 valence electrons. The van der Waals surface area contributed by atoms with Crippen molar-refractivity contribution in [3.8, 4) is 6.07 Å². The average molecular weight is 217 g/mol. The Morgan fingerprint density at radius 1 is 1.64 bits per heavy atom. The van der Waals surface area contributed by atoms with E-state index in [0.29, 0.717) is 13.1 Å². The molecule has 1 aliphatic heterocycles. The first-order valence-corrected chi connectivity index (χ1v) is 6.23. The zero-order valence-electron chi connectivity index (χ0n) is 8.23. The van der Waals surface area contributed by atoms with E-state index in [4.69, 9.17) is 5.26 Å². The normalized spacial score (nSPS) is 24.4. The summed E-state index contributed by atoms with van der Waals surface area (Å²) in [7, 11) is -1.52. The van der Waals surface area contributed by atoms with Crippen LogP contribution in [0.25, 0.3) is 0 Å². The number of nitrogens with one attached hydrogen (secondary N) is 1. The Bertz CT molecular complexity index is 320. The van der Waals surface area contributed by atoms with Crippen LogP contribution < -0.4 is 5.32 Å². The number of likely N-dealkylation sites (N-methyl/N-ethyl adjacent to an activating group) is 1. The largest absolute Gasteiger partial charge is 0.316 e. The number of rotatable bonds is 3. The Balaban J connectivity index is 2.65. The number of hydrogen-bond donors (Lipinski definition) is 1. The Labute approximate surface area is 84.8 Å². The lowest BCUT2D eigenvalue weighted by Gasteiger charge is -2.30. The van der Waals surface area contributed by atoms with E-state index in [1.54, 1.807) is 6.07 Å². The maximum Gasteiger partial charge on any atom is 0.227 e. The van der Waals surface area contributed by atoms with Gasteiger partial charge in [0.05, 0.1) is 6.07 Å². The maximum absolute atomic E-state index is 11.5. The number of nitriles is 1. The van der Waals surface area contributed by atoms with E-state index in [1.807, 2.05) is 7.05 Å². The minimum Gasteiger partial charge on any atom is -0.316 e. The maximum atomic E-state index is 11.5. The van der Waals surface area contributed by atoms with Crippen LogP contribution in [0, 0.1) is 11.3 Å². The van der Waals surface area contributed by atoms with Crippen LogP contribution in [0.3, 0.4) is 0 Å². The summed E-state index contributed by atoms with van der Waals surface area (Å²) in [5.41, 5.74) is 0. The molecule has 1 heterocycles. The van der Waals surface area contributed by atoms with Crippen molar-refractivity contribution in [3.05, 3.63) is 0 Å². The van der Waals surface area contributed by atoms with E-state index >= 15 is 0 Å².